The van der Waals surface area contributed by atoms with Crippen molar-refractivity contribution in [2.45, 2.75) is 0 Å². The predicted molar refractivity (Wildman–Crippen MR) is 70.0 cm³/mol. The Kier molecular flexibility index (Phi) is 3.34. The van der Waals surface area contributed by atoms with E-state index in [0.29, 0.717) is 11.3 Å². The van der Waals surface area contributed by atoms with E-state index in [4.69, 9.17) is 11.0 Å². The molecule has 0 unspecified atom stereocenters. The van der Waals surface area contributed by atoms with Crippen LogP contribution in [-0.2, 0) is 0 Å². The maximum absolute atomic E-state index is 13.8. The van der Waals surface area contributed by atoms with E-state index >= 15 is 0 Å². The molecule has 0 atom stereocenters. The van der Waals surface area contributed by atoms with Gasteiger partial charge in [-0.2, -0.15) is 5.26 Å². The van der Waals surface area contributed by atoms with Crippen LogP contribution in [0.2, 0.25) is 0 Å². The van der Waals surface area contributed by atoms with Crippen molar-refractivity contribution in [1.29, 1.82) is 5.26 Å². The van der Waals surface area contributed by atoms with Crippen LogP contribution in [0.15, 0.2) is 36.4 Å². The molecule has 0 amide bonds. The highest BCUT2D eigenvalue weighted by Gasteiger charge is 2.16. The first-order valence-corrected chi connectivity index (χ1v) is 5.51. The zero-order chi connectivity index (χ0) is 14.0. The van der Waals surface area contributed by atoms with Gasteiger partial charge in [-0.3, -0.25) is 0 Å². The summed E-state index contributed by atoms with van der Waals surface area (Å²) in [6.45, 7) is 0. The van der Waals surface area contributed by atoms with Crippen molar-refractivity contribution >= 4 is 17.1 Å². The van der Waals surface area contributed by atoms with Crippen LogP contribution in [0.25, 0.3) is 0 Å². The van der Waals surface area contributed by atoms with Gasteiger partial charge in [-0.05, 0) is 30.3 Å². The number of hydrogen-bond donors (Lipinski definition) is 1. The van der Waals surface area contributed by atoms with Gasteiger partial charge in [0, 0.05) is 18.4 Å². The van der Waals surface area contributed by atoms with Gasteiger partial charge in [0.1, 0.15) is 5.69 Å². The fourth-order valence-corrected chi connectivity index (χ4v) is 1.82. The lowest BCUT2D eigenvalue weighted by Crippen LogP contribution is -2.13. The maximum atomic E-state index is 13.8. The predicted octanol–water partition coefficient (Wildman–Crippen LogP) is 3.19. The number of nitrogen functional groups attached to an aromatic ring is 1. The average molecular weight is 259 g/mol. The highest BCUT2D eigenvalue weighted by molar-refractivity contribution is 5.66. The van der Waals surface area contributed by atoms with Gasteiger partial charge in [0.05, 0.1) is 11.6 Å². The number of nitrogens with two attached hydrogens (primary N) is 1. The van der Waals surface area contributed by atoms with E-state index in [9.17, 15) is 8.78 Å². The molecule has 0 heterocycles. The number of halogens is 2. The molecule has 0 saturated heterocycles. The van der Waals surface area contributed by atoms with E-state index in [1.54, 1.807) is 24.3 Å². The quantitative estimate of drug-likeness (QED) is 0.843. The van der Waals surface area contributed by atoms with Crippen molar-refractivity contribution in [1.82, 2.24) is 0 Å². The fourth-order valence-electron chi connectivity index (χ4n) is 1.82. The van der Waals surface area contributed by atoms with Crippen LogP contribution >= 0.6 is 0 Å². The van der Waals surface area contributed by atoms with E-state index in [1.807, 2.05) is 6.07 Å². The average Bonchev–Trinajstić information content (AvgIpc) is 2.37. The molecule has 0 spiro atoms. The lowest BCUT2D eigenvalue weighted by molar-refractivity contribution is 0.585. The normalized spacial score (nSPS) is 10.0. The second-order valence-electron chi connectivity index (χ2n) is 4.05. The fraction of sp³-hybridized carbons (Fsp3) is 0.0714. The summed E-state index contributed by atoms with van der Waals surface area (Å²) in [5.41, 5.74) is 6.13. The number of benzene rings is 2. The third-order valence-electron chi connectivity index (χ3n) is 2.74. The monoisotopic (exact) mass is 259 g/mol. The van der Waals surface area contributed by atoms with Crippen molar-refractivity contribution in [2.24, 2.45) is 0 Å². The second kappa shape index (κ2) is 4.94. The summed E-state index contributed by atoms with van der Waals surface area (Å²) in [6, 6.07) is 10.6. The Labute approximate surface area is 109 Å². The van der Waals surface area contributed by atoms with Crippen LogP contribution < -0.4 is 10.6 Å². The SMILES string of the molecule is CN(c1cccc(C#N)c1)c1c(F)cc(N)cc1F. The number of hydrogen-bond acceptors (Lipinski definition) is 3. The van der Waals surface area contributed by atoms with Crippen molar-refractivity contribution in [3.63, 3.8) is 0 Å². The van der Waals surface area contributed by atoms with Crippen molar-refractivity contribution in [2.75, 3.05) is 17.7 Å². The lowest BCUT2D eigenvalue weighted by Gasteiger charge is -2.21. The molecular formula is C14H11F2N3. The smallest absolute Gasteiger partial charge is 0.151 e. The molecule has 0 aromatic heterocycles. The highest BCUT2D eigenvalue weighted by Crippen LogP contribution is 2.30. The molecule has 0 aliphatic rings. The van der Waals surface area contributed by atoms with E-state index in [2.05, 4.69) is 0 Å². The summed E-state index contributed by atoms with van der Waals surface area (Å²) in [5.74, 6) is -1.50. The van der Waals surface area contributed by atoms with Gasteiger partial charge in [-0.25, -0.2) is 8.78 Å². The Bertz CT molecular complexity index is 639. The molecule has 0 aliphatic carbocycles. The number of anilines is 3. The van der Waals surface area contributed by atoms with Gasteiger partial charge >= 0.3 is 0 Å². The second-order valence-corrected chi connectivity index (χ2v) is 4.05. The standard InChI is InChI=1S/C14H11F2N3/c1-19(11-4-2-3-9(5-11)8-17)14-12(15)6-10(18)7-13(14)16/h2-7H,18H2,1H3. The molecule has 2 aromatic carbocycles. The van der Waals surface area contributed by atoms with Gasteiger partial charge in [-0.1, -0.05) is 6.07 Å². The summed E-state index contributed by atoms with van der Waals surface area (Å²) in [4.78, 5) is 1.34. The Balaban J connectivity index is 2.50. The van der Waals surface area contributed by atoms with Gasteiger partial charge in [0.15, 0.2) is 11.6 Å². The molecule has 2 N–H and O–H groups in total. The zero-order valence-corrected chi connectivity index (χ0v) is 10.2. The van der Waals surface area contributed by atoms with Crippen LogP contribution in [0, 0.1) is 23.0 Å². The largest absolute Gasteiger partial charge is 0.399 e. The molecule has 96 valence electrons. The minimum absolute atomic E-state index is 0.0259. The van der Waals surface area contributed by atoms with Gasteiger partial charge in [0.25, 0.3) is 0 Å². The molecule has 5 heteroatoms. The van der Waals surface area contributed by atoms with Crippen LogP contribution in [0.3, 0.4) is 0 Å². The summed E-state index contributed by atoms with van der Waals surface area (Å²) in [5, 5.41) is 8.83. The Hall–Kier alpha value is -2.61. The van der Waals surface area contributed by atoms with E-state index in [0.717, 1.165) is 12.1 Å². The lowest BCUT2D eigenvalue weighted by atomic mass is 10.2. The minimum atomic E-state index is -0.748. The first-order chi connectivity index (χ1) is 9.02. The third kappa shape index (κ3) is 2.47. The first-order valence-electron chi connectivity index (χ1n) is 5.51. The van der Waals surface area contributed by atoms with Gasteiger partial charge in [-0.15, -0.1) is 0 Å². The van der Waals surface area contributed by atoms with Crippen molar-refractivity contribution in [3.05, 3.63) is 53.6 Å². The summed E-state index contributed by atoms with van der Waals surface area (Å²) >= 11 is 0. The van der Waals surface area contributed by atoms with Crippen molar-refractivity contribution < 1.29 is 8.78 Å². The Morgan fingerprint density at radius 2 is 1.79 bits per heavy atom. The van der Waals surface area contributed by atoms with Gasteiger partial charge < -0.3 is 10.6 Å². The zero-order valence-electron chi connectivity index (χ0n) is 10.2. The van der Waals surface area contributed by atoms with Crippen LogP contribution in [0.1, 0.15) is 5.56 Å². The Morgan fingerprint density at radius 1 is 1.16 bits per heavy atom. The first kappa shape index (κ1) is 12.8. The minimum Gasteiger partial charge on any atom is -0.399 e. The molecule has 0 saturated carbocycles. The third-order valence-corrected chi connectivity index (χ3v) is 2.74. The van der Waals surface area contributed by atoms with Crippen LogP contribution in [0.5, 0.6) is 0 Å². The van der Waals surface area contributed by atoms with E-state index in [1.165, 1.54) is 11.9 Å². The van der Waals surface area contributed by atoms with Crippen molar-refractivity contribution in [3.8, 4) is 6.07 Å². The van der Waals surface area contributed by atoms with Crippen LogP contribution in [-0.4, -0.2) is 7.05 Å². The molecule has 19 heavy (non-hydrogen) atoms. The molecule has 0 aliphatic heterocycles. The van der Waals surface area contributed by atoms with E-state index in [-0.39, 0.29) is 11.4 Å². The number of rotatable bonds is 2. The number of nitriles is 1. The Morgan fingerprint density at radius 3 is 2.37 bits per heavy atom. The van der Waals surface area contributed by atoms with Crippen LogP contribution in [0.4, 0.5) is 25.8 Å². The maximum Gasteiger partial charge on any atom is 0.151 e. The van der Waals surface area contributed by atoms with Gasteiger partial charge in [0.2, 0.25) is 0 Å². The molecular weight excluding hydrogens is 248 g/mol. The summed E-state index contributed by atoms with van der Waals surface area (Å²) in [6.07, 6.45) is 0. The molecule has 3 nitrogen and oxygen atoms in total. The molecule has 0 radical (unpaired) electrons. The molecule has 2 aromatic rings. The summed E-state index contributed by atoms with van der Waals surface area (Å²) < 4.78 is 27.6. The molecule has 0 fully saturated rings. The topological polar surface area (TPSA) is 53.0 Å². The molecule has 2 rings (SSSR count). The molecule has 0 bridgehead atoms. The highest BCUT2D eigenvalue weighted by atomic mass is 19.1. The number of nitrogens with zero attached hydrogens (tertiary/aromatic N) is 2. The summed E-state index contributed by atoms with van der Waals surface area (Å²) in [7, 11) is 1.52. The van der Waals surface area contributed by atoms with E-state index < -0.39 is 11.6 Å².